The Balaban J connectivity index is 3.18. The van der Waals surface area contributed by atoms with Gasteiger partial charge in [0.15, 0.2) is 0 Å². The van der Waals surface area contributed by atoms with E-state index in [1.165, 1.54) is 16.7 Å². The summed E-state index contributed by atoms with van der Waals surface area (Å²) < 4.78 is 1.35. The molecule has 1 aromatic heterocycles. The fraction of sp³-hybridized carbons (Fsp3) is 0.444. The maximum absolute atomic E-state index is 11.3. The van der Waals surface area contributed by atoms with Gasteiger partial charge in [0.1, 0.15) is 5.75 Å². The van der Waals surface area contributed by atoms with E-state index in [9.17, 15) is 9.90 Å². The smallest absolute Gasteiger partial charge is 0.251 e. The van der Waals surface area contributed by atoms with Crippen LogP contribution < -0.4 is 5.56 Å². The number of pyridine rings is 1. The van der Waals surface area contributed by atoms with Crippen LogP contribution in [0, 0.1) is 6.92 Å². The maximum atomic E-state index is 11.3. The van der Waals surface area contributed by atoms with Crippen LogP contribution in [0.15, 0.2) is 16.9 Å². The molecule has 4 nitrogen and oxygen atoms in total. The maximum Gasteiger partial charge on any atom is 0.251 e. The van der Waals surface area contributed by atoms with E-state index < -0.39 is 6.10 Å². The summed E-state index contributed by atoms with van der Waals surface area (Å²) >= 11 is 0. The Kier molecular flexibility index (Phi) is 2.72. The minimum atomic E-state index is -0.599. The molecule has 0 radical (unpaired) electrons. The van der Waals surface area contributed by atoms with Crippen LogP contribution in [0.2, 0.25) is 0 Å². The fourth-order valence-electron chi connectivity index (χ4n) is 1.16. The molecule has 0 bridgehead atoms. The summed E-state index contributed by atoms with van der Waals surface area (Å²) in [6, 6.07) is 2.64. The Morgan fingerprint density at radius 2 is 2.15 bits per heavy atom. The Morgan fingerprint density at radius 1 is 1.54 bits per heavy atom. The Morgan fingerprint density at radius 3 is 2.69 bits per heavy atom. The predicted octanol–water partition coefficient (Wildman–Crippen LogP) is 0.243. The van der Waals surface area contributed by atoms with Gasteiger partial charge in [0.05, 0.1) is 18.3 Å². The standard InChI is InChI=1S/C9H13NO3/c1-6(11)5-10-7(2)8(12)3-4-9(10)13/h3-4,6,11-12H,5H2,1-2H3. The first-order valence-corrected chi connectivity index (χ1v) is 4.10. The molecule has 0 aliphatic heterocycles. The summed E-state index contributed by atoms with van der Waals surface area (Å²) in [5.74, 6) is 0.0697. The number of aliphatic hydroxyl groups excluding tert-OH is 1. The largest absolute Gasteiger partial charge is 0.506 e. The molecule has 1 heterocycles. The highest BCUT2D eigenvalue weighted by Gasteiger charge is 2.06. The van der Waals surface area contributed by atoms with Gasteiger partial charge in [0.2, 0.25) is 0 Å². The number of hydrogen-bond acceptors (Lipinski definition) is 3. The summed E-state index contributed by atoms with van der Waals surface area (Å²) in [7, 11) is 0. The molecule has 1 aromatic rings. The molecule has 72 valence electrons. The van der Waals surface area contributed by atoms with E-state index in [1.54, 1.807) is 13.8 Å². The zero-order valence-electron chi connectivity index (χ0n) is 7.69. The Labute approximate surface area is 76.1 Å². The molecule has 0 amide bonds. The number of aromatic hydroxyl groups is 1. The monoisotopic (exact) mass is 183 g/mol. The number of rotatable bonds is 2. The molecule has 1 atom stereocenters. The van der Waals surface area contributed by atoms with Gasteiger partial charge in [0.25, 0.3) is 5.56 Å². The third-order valence-corrected chi connectivity index (χ3v) is 1.87. The van der Waals surface area contributed by atoms with Crippen LogP contribution in [0.1, 0.15) is 12.6 Å². The molecular weight excluding hydrogens is 170 g/mol. The van der Waals surface area contributed by atoms with E-state index in [1.807, 2.05) is 0 Å². The van der Waals surface area contributed by atoms with E-state index in [0.717, 1.165) is 0 Å². The first-order valence-electron chi connectivity index (χ1n) is 4.10. The second-order valence-corrected chi connectivity index (χ2v) is 3.10. The van der Waals surface area contributed by atoms with Crippen molar-refractivity contribution in [2.45, 2.75) is 26.5 Å². The second-order valence-electron chi connectivity index (χ2n) is 3.10. The highest BCUT2D eigenvalue weighted by molar-refractivity contribution is 5.24. The minimum absolute atomic E-state index is 0.0697. The number of hydrogen-bond donors (Lipinski definition) is 2. The van der Waals surface area contributed by atoms with E-state index in [0.29, 0.717) is 5.69 Å². The normalized spacial score (nSPS) is 12.8. The molecule has 0 saturated heterocycles. The van der Waals surface area contributed by atoms with Crippen LogP contribution in [0.4, 0.5) is 0 Å². The van der Waals surface area contributed by atoms with Crippen molar-refractivity contribution in [2.75, 3.05) is 0 Å². The van der Waals surface area contributed by atoms with Crippen LogP contribution in [0.3, 0.4) is 0 Å². The number of nitrogens with zero attached hydrogens (tertiary/aromatic N) is 1. The average Bonchev–Trinajstić information content (AvgIpc) is 2.05. The SMILES string of the molecule is Cc1c(O)ccc(=O)n1CC(C)O. The predicted molar refractivity (Wildman–Crippen MR) is 48.8 cm³/mol. The van der Waals surface area contributed by atoms with Crippen molar-refractivity contribution in [3.8, 4) is 5.75 Å². The number of aromatic nitrogens is 1. The van der Waals surface area contributed by atoms with Crippen LogP contribution in [-0.4, -0.2) is 20.9 Å². The zero-order chi connectivity index (χ0) is 10.0. The molecular formula is C9H13NO3. The van der Waals surface area contributed by atoms with Gasteiger partial charge < -0.3 is 14.8 Å². The molecule has 0 aliphatic carbocycles. The molecule has 0 spiro atoms. The number of aliphatic hydroxyl groups is 1. The lowest BCUT2D eigenvalue weighted by Crippen LogP contribution is -2.26. The van der Waals surface area contributed by atoms with Crippen LogP contribution in [-0.2, 0) is 6.54 Å². The van der Waals surface area contributed by atoms with Crippen molar-refractivity contribution < 1.29 is 10.2 Å². The highest BCUT2D eigenvalue weighted by atomic mass is 16.3. The molecule has 0 saturated carbocycles. The molecule has 4 heteroatoms. The van der Waals surface area contributed by atoms with Crippen molar-refractivity contribution in [3.05, 3.63) is 28.2 Å². The topological polar surface area (TPSA) is 62.5 Å². The quantitative estimate of drug-likeness (QED) is 0.690. The van der Waals surface area contributed by atoms with Gasteiger partial charge in [-0.25, -0.2) is 0 Å². The first kappa shape index (κ1) is 9.80. The van der Waals surface area contributed by atoms with E-state index in [-0.39, 0.29) is 17.9 Å². The van der Waals surface area contributed by atoms with Crippen LogP contribution in [0.25, 0.3) is 0 Å². The van der Waals surface area contributed by atoms with Gasteiger partial charge in [-0.15, -0.1) is 0 Å². The second kappa shape index (κ2) is 3.62. The lowest BCUT2D eigenvalue weighted by Gasteiger charge is -2.11. The van der Waals surface area contributed by atoms with Gasteiger partial charge in [-0.1, -0.05) is 0 Å². The molecule has 13 heavy (non-hydrogen) atoms. The molecule has 0 fully saturated rings. The summed E-state index contributed by atoms with van der Waals surface area (Å²) in [5, 5.41) is 18.4. The van der Waals surface area contributed by atoms with E-state index in [4.69, 9.17) is 5.11 Å². The van der Waals surface area contributed by atoms with Gasteiger partial charge >= 0.3 is 0 Å². The molecule has 2 N–H and O–H groups in total. The highest BCUT2D eigenvalue weighted by Crippen LogP contribution is 2.11. The summed E-state index contributed by atoms with van der Waals surface area (Å²) in [5.41, 5.74) is 0.268. The van der Waals surface area contributed by atoms with Gasteiger partial charge in [-0.3, -0.25) is 4.79 Å². The van der Waals surface area contributed by atoms with Gasteiger partial charge in [-0.05, 0) is 19.9 Å². The third kappa shape index (κ3) is 2.09. The third-order valence-electron chi connectivity index (χ3n) is 1.87. The van der Waals surface area contributed by atoms with E-state index in [2.05, 4.69) is 0 Å². The Bertz CT molecular complexity index is 354. The first-order chi connectivity index (χ1) is 6.02. The fourth-order valence-corrected chi connectivity index (χ4v) is 1.16. The van der Waals surface area contributed by atoms with Crippen molar-refractivity contribution in [1.82, 2.24) is 4.57 Å². The van der Waals surface area contributed by atoms with Gasteiger partial charge in [0, 0.05) is 6.07 Å². The molecule has 0 aliphatic rings. The van der Waals surface area contributed by atoms with E-state index >= 15 is 0 Å². The summed E-state index contributed by atoms with van der Waals surface area (Å²) in [6.07, 6.45) is -0.599. The average molecular weight is 183 g/mol. The van der Waals surface area contributed by atoms with Crippen LogP contribution in [0.5, 0.6) is 5.75 Å². The van der Waals surface area contributed by atoms with Crippen molar-refractivity contribution >= 4 is 0 Å². The van der Waals surface area contributed by atoms with Crippen molar-refractivity contribution in [3.63, 3.8) is 0 Å². The summed E-state index contributed by atoms with van der Waals surface area (Å²) in [4.78, 5) is 11.3. The zero-order valence-corrected chi connectivity index (χ0v) is 7.69. The molecule has 1 rings (SSSR count). The van der Waals surface area contributed by atoms with Gasteiger partial charge in [-0.2, -0.15) is 0 Å². The van der Waals surface area contributed by atoms with Crippen molar-refractivity contribution in [2.24, 2.45) is 0 Å². The summed E-state index contributed by atoms with van der Waals surface area (Å²) in [6.45, 7) is 3.44. The lowest BCUT2D eigenvalue weighted by atomic mass is 10.3. The lowest BCUT2D eigenvalue weighted by molar-refractivity contribution is 0.170. The Hall–Kier alpha value is -1.29. The van der Waals surface area contributed by atoms with Crippen molar-refractivity contribution in [1.29, 1.82) is 0 Å². The molecule has 0 aromatic carbocycles. The minimum Gasteiger partial charge on any atom is -0.506 e. The van der Waals surface area contributed by atoms with Crippen LogP contribution >= 0.6 is 0 Å². The molecule has 1 unspecified atom stereocenters.